The molecule has 0 bridgehead atoms. The predicted octanol–water partition coefficient (Wildman–Crippen LogP) is 9.68. The summed E-state index contributed by atoms with van der Waals surface area (Å²) < 4.78 is 12.0. The maximum absolute atomic E-state index is 11.8. The molecular formula is C40H72O5. The summed E-state index contributed by atoms with van der Waals surface area (Å²) >= 11 is 0. The molecule has 3 rings (SSSR count). The van der Waals surface area contributed by atoms with E-state index in [9.17, 15) is 15.0 Å². The zero-order chi connectivity index (χ0) is 32.5. The van der Waals surface area contributed by atoms with E-state index in [4.69, 9.17) is 9.47 Å². The van der Waals surface area contributed by atoms with E-state index in [0.29, 0.717) is 25.6 Å². The molecule has 2 N–H and O–H groups in total. The largest absolute Gasteiger partial charge is 0.463 e. The average Bonchev–Trinajstić information content (AvgIpc) is 3.07. The summed E-state index contributed by atoms with van der Waals surface area (Å²) in [7, 11) is 0. The Hall–Kier alpha value is -0.910. The van der Waals surface area contributed by atoms with Crippen molar-refractivity contribution < 1.29 is 24.5 Å². The number of rotatable bonds is 21. The van der Waals surface area contributed by atoms with Crippen LogP contribution in [0.15, 0.2) is 12.7 Å². The molecule has 3 saturated carbocycles. The molecule has 0 saturated heterocycles. The second-order valence-corrected chi connectivity index (χ2v) is 15.7. The van der Waals surface area contributed by atoms with E-state index in [1.807, 2.05) is 0 Å². The minimum Gasteiger partial charge on any atom is -0.463 e. The van der Waals surface area contributed by atoms with E-state index in [-0.39, 0.29) is 25.3 Å². The first kappa shape index (κ1) is 38.5. The van der Waals surface area contributed by atoms with Crippen molar-refractivity contribution in [2.75, 3.05) is 26.4 Å². The van der Waals surface area contributed by atoms with Crippen LogP contribution in [0.3, 0.4) is 0 Å². The highest BCUT2D eigenvalue weighted by atomic mass is 16.5. The third-order valence-electron chi connectivity index (χ3n) is 12.7. The lowest BCUT2D eigenvalue weighted by Crippen LogP contribution is -2.39. The summed E-state index contributed by atoms with van der Waals surface area (Å²) in [5.74, 6) is 5.32. The molecule has 5 nitrogen and oxygen atoms in total. The molecule has 3 fully saturated rings. The van der Waals surface area contributed by atoms with Crippen molar-refractivity contribution in [1.82, 2.24) is 0 Å². The van der Waals surface area contributed by atoms with Gasteiger partial charge in [-0.05, 0) is 92.8 Å². The Bertz CT molecular complexity index is 801. The van der Waals surface area contributed by atoms with Crippen LogP contribution in [0.5, 0.6) is 0 Å². The SMILES string of the molecule is C=CC(=O)OCCC1CC(C2CCC(CCC3CCC(CCCCC)CC3)CC2CC)CCC1OCCC(CO)(CO)CCC. The number of hydrogen-bond acceptors (Lipinski definition) is 5. The molecule has 3 aliphatic rings. The van der Waals surface area contributed by atoms with Crippen LogP contribution in [0, 0.1) is 46.8 Å². The standard InChI is InChI=1S/C40H72O5/c1-5-9-10-11-31-12-14-32(15-13-31)16-17-33-18-20-37(34(7-3)27-33)35-19-21-38(36(28-35)22-25-45-39(43)8-4)44-26-24-40(29-41,30-42)23-6-2/h8,31-38,41-42H,4-7,9-30H2,1-3H3. The van der Waals surface area contributed by atoms with Crippen molar-refractivity contribution in [2.24, 2.45) is 46.8 Å². The smallest absolute Gasteiger partial charge is 0.330 e. The van der Waals surface area contributed by atoms with E-state index in [1.165, 1.54) is 102 Å². The van der Waals surface area contributed by atoms with Crippen LogP contribution in [0.25, 0.3) is 0 Å². The molecule has 0 amide bonds. The third-order valence-corrected chi connectivity index (χ3v) is 12.7. The van der Waals surface area contributed by atoms with Gasteiger partial charge in [0.2, 0.25) is 0 Å². The number of aliphatic hydroxyl groups excluding tert-OH is 2. The maximum atomic E-state index is 11.8. The predicted molar refractivity (Wildman–Crippen MR) is 186 cm³/mol. The molecule has 5 heteroatoms. The molecule has 0 aliphatic heterocycles. The van der Waals surface area contributed by atoms with Gasteiger partial charge in [0, 0.05) is 18.1 Å². The second-order valence-electron chi connectivity index (χ2n) is 15.7. The van der Waals surface area contributed by atoms with Crippen molar-refractivity contribution in [1.29, 1.82) is 0 Å². The van der Waals surface area contributed by atoms with Gasteiger partial charge in [0.05, 0.1) is 25.9 Å². The summed E-state index contributed by atoms with van der Waals surface area (Å²) in [6.07, 6.45) is 28.1. The van der Waals surface area contributed by atoms with Gasteiger partial charge >= 0.3 is 5.97 Å². The molecule has 0 aromatic carbocycles. The van der Waals surface area contributed by atoms with Gasteiger partial charge < -0.3 is 19.7 Å². The number of esters is 1. The van der Waals surface area contributed by atoms with Gasteiger partial charge in [0.15, 0.2) is 0 Å². The maximum Gasteiger partial charge on any atom is 0.330 e. The highest BCUT2D eigenvalue weighted by molar-refractivity contribution is 5.81. The van der Waals surface area contributed by atoms with Gasteiger partial charge in [-0.2, -0.15) is 0 Å². The fraction of sp³-hybridized carbons (Fsp3) is 0.925. The highest BCUT2D eigenvalue weighted by Crippen LogP contribution is 2.48. The van der Waals surface area contributed by atoms with E-state index >= 15 is 0 Å². The van der Waals surface area contributed by atoms with Crippen LogP contribution in [-0.4, -0.2) is 48.7 Å². The fourth-order valence-corrected chi connectivity index (χ4v) is 9.70. The molecule has 0 aromatic heterocycles. The summed E-state index contributed by atoms with van der Waals surface area (Å²) in [5.41, 5.74) is -0.457. The van der Waals surface area contributed by atoms with Gasteiger partial charge in [0.1, 0.15) is 0 Å². The topological polar surface area (TPSA) is 76.0 Å². The van der Waals surface area contributed by atoms with Crippen molar-refractivity contribution in [3.8, 4) is 0 Å². The van der Waals surface area contributed by atoms with Crippen molar-refractivity contribution in [2.45, 2.75) is 162 Å². The lowest BCUT2D eigenvalue weighted by atomic mass is 9.62. The fourth-order valence-electron chi connectivity index (χ4n) is 9.70. The highest BCUT2D eigenvalue weighted by Gasteiger charge is 2.40. The zero-order valence-corrected chi connectivity index (χ0v) is 29.7. The van der Waals surface area contributed by atoms with Crippen molar-refractivity contribution in [3.63, 3.8) is 0 Å². The Kier molecular flexibility index (Phi) is 18.1. The molecule has 0 spiro atoms. The Morgan fingerprint density at radius 3 is 2.09 bits per heavy atom. The Labute approximate surface area is 277 Å². The van der Waals surface area contributed by atoms with E-state index in [2.05, 4.69) is 27.4 Å². The molecule has 0 radical (unpaired) electrons. The van der Waals surface area contributed by atoms with E-state index in [0.717, 1.165) is 67.6 Å². The quantitative estimate of drug-likeness (QED) is 0.0749. The number of unbranched alkanes of at least 4 members (excludes halogenated alkanes) is 2. The summed E-state index contributed by atoms with van der Waals surface area (Å²) in [6.45, 7) is 11.3. The Balaban J connectivity index is 1.49. The molecule has 45 heavy (non-hydrogen) atoms. The minimum atomic E-state index is -0.457. The number of carbonyl (C=O) groups is 1. The van der Waals surface area contributed by atoms with E-state index < -0.39 is 5.41 Å². The van der Waals surface area contributed by atoms with Gasteiger partial charge in [0.25, 0.3) is 0 Å². The van der Waals surface area contributed by atoms with Crippen LogP contribution in [0.2, 0.25) is 0 Å². The third kappa shape index (κ3) is 12.6. The summed E-state index contributed by atoms with van der Waals surface area (Å²) in [6, 6.07) is 0. The van der Waals surface area contributed by atoms with Gasteiger partial charge in [-0.1, -0.05) is 111 Å². The van der Waals surface area contributed by atoms with Crippen LogP contribution < -0.4 is 0 Å². The molecule has 0 aromatic rings. The molecular weight excluding hydrogens is 560 g/mol. The van der Waals surface area contributed by atoms with E-state index in [1.54, 1.807) is 0 Å². The van der Waals surface area contributed by atoms with Crippen LogP contribution in [0.4, 0.5) is 0 Å². The molecule has 0 heterocycles. The van der Waals surface area contributed by atoms with Crippen LogP contribution in [-0.2, 0) is 14.3 Å². The molecule has 3 aliphatic carbocycles. The second kappa shape index (κ2) is 21.1. The van der Waals surface area contributed by atoms with Crippen LogP contribution in [0.1, 0.15) is 156 Å². The van der Waals surface area contributed by atoms with Gasteiger partial charge in [-0.15, -0.1) is 0 Å². The van der Waals surface area contributed by atoms with Crippen LogP contribution >= 0.6 is 0 Å². The number of hydrogen-bond donors (Lipinski definition) is 2. The number of ether oxygens (including phenoxy) is 2. The Morgan fingerprint density at radius 2 is 1.44 bits per heavy atom. The molecule has 262 valence electrons. The van der Waals surface area contributed by atoms with Crippen molar-refractivity contribution >= 4 is 5.97 Å². The van der Waals surface area contributed by atoms with Gasteiger partial charge in [-0.25, -0.2) is 4.79 Å². The number of aliphatic hydroxyl groups is 2. The lowest BCUT2D eigenvalue weighted by molar-refractivity contribution is -0.139. The number of carbonyl (C=O) groups excluding carboxylic acids is 1. The lowest BCUT2D eigenvalue weighted by Gasteiger charge is -2.45. The van der Waals surface area contributed by atoms with Gasteiger partial charge in [-0.3, -0.25) is 0 Å². The summed E-state index contributed by atoms with van der Waals surface area (Å²) in [5, 5.41) is 20.0. The first-order valence-electron chi connectivity index (χ1n) is 19.5. The summed E-state index contributed by atoms with van der Waals surface area (Å²) in [4.78, 5) is 11.8. The first-order chi connectivity index (χ1) is 21.9. The first-order valence-corrected chi connectivity index (χ1v) is 19.5. The average molecular weight is 633 g/mol. The van der Waals surface area contributed by atoms with Crippen molar-refractivity contribution in [3.05, 3.63) is 12.7 Å². The normalized spacial score (nSPS) is 31.0. The zero-order valence-electron chi connectivity index (χ0n) is 29.7. The molecule has 6 atom stereocenters. The Morgan fingerprint density at radius 1 is 0.756 bits per heavy atom. The minimum absolute atomic E-state index is 0.00426. The monoisotopic (exact) mass is 633 g/mol. The molecule has 6 unspecified atom stereocenters.